The number of carbonyl (C=O) groups excluding carboxylic acids is 1. The summed E-state index contributed by atoms with van der Waals surface area (Å²) in [7, 11) is 1.55. The van der Waals surface area contributed by atoms with Gasteiger partial charge in [-0.15, -0.1) is 0 Å². The Morgan fingerprint density at radius 3 is 2.68 bits per heavy atom. The summed E-state index contributed by atoms with van der Waals surface area (Å²) in [5.41, 5.74) is 5.28. The van der Waals surface area contributed by atoms with Crippen molar-refractivity contribution >= 4 is 44.5 Å². The summed E-state index contributed by atoms with van der Waals surface area (Å²) in [6.45, 7) is 2.16. The van der Waals surface area contributed by atoms with Crippen LogP contribution in [0.15, 0.2) is 71.8 Å². The molecule has 1 aromatic heterocycles. The van der Waals surface area contributed by atoms with Crippen LogP contribution in [0.2, 0.25) is 0 Å². The SMILES string of the molecule is CCOc1cc(/C=N/Nc2nc3ccccc3s2)ccc1OCC(=O)Nc1ccccc1OC. The summed E-state index contributed by atoms with van der Waals surface area (Å²) in [6.07, 6.45) is 1.67. The molecule has 1 amide bonds. The van der Waals surface area contributed by atoms with E-state index in [4.69, 9.17) is 14.2 Å². The van der Waals surface area contributed by atoms with Gasteiger partial charge in [-0.05, 0) is 55.0 Å². The normalized spacial score (nSPS) is 10.9. The first-order valence-electron chi connectivity index (χ1n) is 10.6. The van der Waals surface area contributed by atoms with Gasteiger partial charge in [0.25, 0.3) is 5.91 Å². The molecule has 3 aromatic carbocycles. The van der Waals surface area contributed by atoms with Crippen molar-refractivity contribution in [3.63, 3.8) is 0 Å². The van der Waals surface area contributed by atoms with Gasteiger partial charge in [0.2, 0.25) is 5.13 Å². The molecule has 0 saturated carbocycles. The second-order valence-corrected chi connectivity index (χ2v) is 8.06. The van der Waals surface area contributed by atoms with Crippen LogP contribution in [0.5, 0.6) is 17.2 Å². The van der Waals surface area contributed by atoms with E-state index < -0.39 is 0 Å². The van der Waals surface area contributed by atoms with Crippen molar-refractivity contribution in [1.82, 2.24) is 4.98 Å². The van der Waals surface area contributed by atoms with E-state index in [-0.39, 0.29) is 12.5 Å². The number of para-hydroxylation sites is 3. The molecular weight excluding hydrogens is 452 g/mol. The summed E-state index contributed by atoms with van der Waals surface area (Å²) >= 11 is 1.53. The number of rotatable bonds is 10. The summed E-state index contributed by atoms with van der Waals surface area (Å²) in [4.78, 5) is 16.9. The van der Waals surface area contributed by atoms with Crippen molar-refractivity contribution in [2.75, 3.05) is 31.1 Å². The zero-order chi connectivity index (χ0) is 23.8. The molecule has 0 aliphatic rings. The number of hydrogen-bond acceptors (Lipinski definition) is 8. The van der Waals surface area contributed by atoms with Crippen molar-refractivity contribution in [1.29, 1.82) is 0 Å². The Balaban J connectivity index is 1.38. The number of thiazole rings is 1. The Bertz CT molecular complexity index is 1270. The highest BCUT2D eigenvalue weighted by Gasteiger charge is 2.11. The van der Waals surface area contributed by atoms with Gasteiger partial charge >= 0.3 is 0 Å². The Labute approximate surface area is 201 Å². The largest absolute Gasteiger partial charge is 0.495 e. The first kappa shape index (κ1) is 23.1. The van der Waals surface area contributed by atoms with Crippen molar-refractivity contribution in [2.45, 2.75) is 6.92 Å². The van der Waals surface area contributed by atoms with Crippen LogP contribution in [-0.2, 0) is 4.79 Å². The van der Waals surface area contributed by atoms with Gasteiger partial charge < -0.3 is 19.5 Å². The molecule has 2 N–H and O–H groups in total. The maximum atomic E-state index is 12.4. The van der Waals surface area contributed by atoms with Crippen LogP contribution >= 0.6 is 11.3 Å². The molecule has 0 radical (unpaired) electrons. The monoisotopic (exact) mass is 476 g/mol. The molecule has 0 aliphatic heterocycles. The molecule has 0 aliphatic carbocycles. The first-order valence-corrected chi connectivity index (χ1v) is 11.4. The Morgan fingerprint density at radius 1 is 1.03 bits per heavy atom. The summed E-state index contributed by atoms with van der Waals surface area (Å²) in [6, 6.07) is 20.5. The van der Waals surface area contributed by atoms with E-state index in [1.54, 1.807) is 37.6 Å². The number of nitrogens with zero attached hydrogens (tertiary/aromatic N) is 2. The summed E-state index contributed by atoms with van der Waals surface area (Å²) in [5.74, 6) is 1.26. The highest BCUT2D eigenvalue weighted by atomic mass is 32.1. The minimum atomic E-state index is -0.308. The smallest absolute Gasteiger partial charge is 0.262 e. The van der Waals surface area contributed by atoms with Crippen LogP contribution < -0.4 is 25.0 Å². The van der Waals surface area contributed by atoms with E-state index >= 15 is 0 Å². The van der Waals surface area contributed by atoms with Crippen LogP contribution in [0, 0.1) is 0 Å². The summed E-state index contributed by atoms with van der Waals surface area (Å²) in [5, 5.41) is 7.77. The molecule has 0 saturated heterocycles. The molecule has 0 spiro atoms. The standard InChI is InChI=1S/C25H24N4O4S/c1-3-32-22-14-17(15-26-29-25-28-19-9-5-7-11-23(19)34-25)12-13-21(22)33-16-24(30)27-18-8-4-6-10-20(18)31-2/h4-15H,3,16H2,1-2H3,(H,27,30)(H,28,29)/b26-15+. The number of hydrogen-bond donors (Lipinski definition) is 2. The van der Waals surface area contributed by atoms with E-state index in [0.29, 0.717) is 34.7 Å². The van der Waals surface area contributed by atoms with Crippen LogP contribution in [-0.4, -0.2) is 37.4 Å². The number of nitrogens with one attached hydrogen (secondary N) is 2. The lowest BCUT2D eigenvalue weighted by Gasteiger charge is -2.13. The average molecular weight is 477 g/mol. The van der Waals surface area contributed by atoms with Crippen LogP contribution in [0.4, 0.5) is 10.8 Å². The average Bonchev–Trinajstić information content (AvgIpc) is 3.27. The van der Waals surface area contributed by atoms with Crippen molar-refractivity contribution in [3.05, 3.63) is 72.3 Å². The van der Waals surface area contributed by atoms with Crippen LogP contribution in [0.25, 0.3) is 10.2 Å². The Hall–Kier alpha value is -4.11. The van der Waals surface area contributed by atoms with E-state index in [1.165, 1.54) is 11.3 Å². The molecule has 174 valence electrons. The fourth-order valence-corrected chi connectivity index (χ4v) is 3.97. The third-order valence-corrected chi connectivity index (χ3v) is 5.62. The fourth-order valence-electron chi connectivity index (χ4n) is 3.15. The fraction of sp³-hybridized carbons (Fsp3) is 0.160. The predicted molar refractivity (Wildman–Crippen MR) is 136 cm³/mol. The third-order valence-electron chi connectivity index (χ3n) is 4.68. The van der Waals surface area contributed by atoms with Crippen molar-refractivity contribution < 1.29 is 19.0 Å². The number of ether oxygens (including phenoxy) is 3. The zero-order valence-electron chi connectivity index (χ0n) is 18.8. The van der Waals surface area contributed by atoms with Gasteiger partial charge in [-0.2, -0.15) is 5.10 Å². The van der Waals surface area contributed by atoms with Crippen molar-refractivity contribution in [3.8, 4) is 17.2 Å². The quantitative estimate of drug-likeness (QED) is 0.242. The summed E-state index contributed by atoms with van der Waals surface area (Å²) < 4.78 is 17.8. The van der Waals surface area contributed by atoms with E-state index in [0.717, 1.165) is 15.8 Å². The molecule has 0 bridgehead atoms. The van der Waals surface area contributed by atoms with Gasteiger partial charge in [-0.25, -0.2) is 4.98 Å². The first-order chi connectivity index (χ1) is 16.7. The van der Waals surface area contributed by atoms with Crippen molar-refractivity contribution in [2.24, 2.45) is 5.10 Å². The number of methoxy groups -OCH3 is 1. The molecule has 4 aromatic rings. The minimum absolute atomic E-state index is 0.176. The molecule has 0 atom stereocenters. The predicted octanol–water partition coefficient (Wildman–Crippen LogP) is 5.17. The lowest BCUT2D eigenvalue weighted by atomic mass is 10.2. The minimum Gasteiger partial charge on any atom is -0.495 e. The number of carbonyl (C=O) groups is 1. The third kappa shape index (κ3) is 5.81. The van der Waals surface area contributed by atoms with Gasteiger partial charge in [-0.3, -0.25) is 10.2 Å². The van der Waals surface area contributed by atoms with E-state index in [9.17, 15) is 4.79 Å². The molecule has 0 unspecified atom stereocenters. The van der Waals surface area contributed by atoms with Gasteiger partial charge in [-0.1, -0.05) is 35.6 Å². The molecule has 8 nitrogen and oxygen atoms in total. The Kier molecular flexibility index (Phi) is 7.56. The van der Waals surface area contributed by atoms with Gasteiger partial charge in [0.1, 0.15) is 5.75 Å². The highest BCUT2D eigenvalue weighted by Crippen LogP contribution is 2.29. The molecule has 4 rings (SSSR count). The molecule has 0 fully saturated rings. The molecular formula is C25H24N4O4S. The molecule has 34 heavy (non-hydrogen) atoms. The number of amides is 1. The van der Waals surface area contributed by atoms with Gasteiger partial charge in [0.15, 0.2) is 18.1 Å². The second kappa shape index (κ2) is 11.2. The maximum absolute atomic E-state index is 12.4. The number of aromatic nitrogens is 1. The topological polar surface area (TPSA) is 94.1 Å². The Morgan fingerprint density at radius 2 is 1.85 bits per heavy atom. The highest BCUT2D eigenvalue weighted by molar-refractivity contribution is 7.22. The number of hydrazone groups is 1. The molecule has 9 heteroatoms. The van der Waals surface area contributed by atoms with Crippen LogP contribution in [0.1, 0.15) is 12.5 Å². The zero-order valence-corrected chi connectivity index (χ0v) is 19.6. The van der Waals surface area contributed by atoms with E-state index in [1.807, 2.05) is 49.4 Å². The number of benzene rings is 3. The number of fused-ring (bicyclic) bond motifs is 1. The van der Waals surface area contributed by atoms with Crippen LogP contribution in [0.3, 0.4) is 0 Å². The number of anilines is 2. The van der Waals surface area contributed by atoms with Gasteiger partial charge in [0.05, 0.1) is 35.8 Å². The maximum Gasteiger partial charge on any atom is 0.262 e. The second-order valence-electron chi connectivity index (χ2n) is 7.03. The van der Waals surface area contributed by atoms with E-state index in [2.05, 4.69) is 20.8 Å². The lowest BCUT2D eigenvalue weighted by molar-refractivity contribution is -0.118. The molecule has 1 heterocycles. The van der Waals surface area contributed by atoms with Gasteiger partial charge in [0, 0.05) is 0 Å². The lowest BCUT2D eigenvalue weighted by Crippen LogP contribution is -2.20.